The van der Waals surface area contributed by atoms with Crippen molar-refractivity contribution in [3.8, 4) is 0 Å². The fourth-order valence-electron chi connectivity index (χ4n) is 2.33. The van der Waals surface area contributed by atoms with Crippen LogP contribution in [-0.2, 0) is 6.54 Å². The number of aryl methyl sites for hydroxylation is 2. The van der Waals surface area contributed by atoms with E-state index < -0.39 is 0 Å². The molecule has 24 heavy (non-hydrogen) atoms. The van der Waals surface area contributed by atoms with E-state index in [1.54, 1.807) is 0 Å². The maximum absolute atomic E-state index is 12.3. The largest absolute Gasteiger partial charge is 0.362 e. The Morgan fingerprint density at radius 2 is 2.04 bits per heavy atom. The number of benzene rings is 1. The maximum Gasteiger partial charge on any atom is 0.206 e. The van der Waals surface area contributed by atoms with Crippen LogP contribution in [0.3, 0.4) is 0 Å². The first-order valence-electron chi connectivity index (χ1n) is 7.55. The molecular formula is C17H18N4OS2. The summed E-state index contributed by atoms with van der Waals surface area (Å²) in [4.78, 5) is 15.4. The Morgan fingerprint density at radius 3 is 2.75 bits per heavy atom. The van der Waals surface area contributed by atoms with Gasteiger partial charge in [0, 0.05) is 23.5 Å². The van der Waals surface area contributed by atoms with Crippen LogP contribution < -0.4 is 5.32 Å². The van der Waals surface area contributed by atoms with Gasteiger partial charge in [0.25, 0.3) is 0 Å². The maximum atomic E-state index is 12.3. The normalized spacial score (nSPS) is 10.8. The van der Waals surface area contributed by atoms with E-state index in [9.17, 15) is 4.79 Å². The van der Waals surface area contributed by atoms with Crippen molar-refractivity contribution >= 4 is 34.0 Å². The van der Waals surface area contributed by atoms with Crippen LogP contribution >= 0.6 is 23.1 Å². The molecule has 0 fully saturated rings. The summed E-state index contributed by atoms with van der Waals surface area (Å²) in [6, 6.07) is 12.0. The summed E-state index contributed by atoms with van der Waals surface area (Å²) in [6.07, 6.45) is 0. The van der Waals surface area contributed by atoms with Crippen molar-refractivity contribution in [1.29, 1.82) is 0 Å². The third-order valence-electron chi connectivity index (χ3n) is 3.47. The first-order chi connectivity index (χ1) is 11.6. The lowest BCUT2D eigenvalue weighted by molar-refractivity contribution is 0.102. The van der Waals surface area contributed by atoms with Crippen LogP contribution in [0.1, 0.15) is 27.3 Å². The summed E-state index contributed by atoms with van der Waals surface area (Å²) >= 11 is 2.89. The summed E-state index contributed by atoms with van der Waals surface area (Å²) in [5, 5.41) is 12.3. The average Bonchev–Trinajstić information content (AvgIpc) is 3.17. The van der Waals surface area contributed by atoms with E-state index >= 15 is 0 Å². The molecule has 0 radical (unpaired) electrons. The first kappa shape index (κ1) is 16.7. The van der Waals surface area contributed by atoms with E-state index in [2.05, 4.69) is 32.6 Å². The Hall–Kier alpha value is -2.12. The molecule has 0 saturated heterocycles. The quantitative estimate of drug-likeness (QED) is 0.492. The fourth-order valence-corrected chi connectivity index (χ4v) is 3.96. The molecule has 0 spiro atoms. The van der Waals surface area contributed by atoms with Gasteiger partial charge in [-0.25, -0.2) is 0 Å². The van der Waals surface area contributed by atoms with Gasteiger partial charge < -0.3 is 10.3 Å². The van der Waals surface area contributed by atoms with Crippen LogP contribution in [0.25, 0.3) is 0 Å². The number of ketones is 1. The number of nitrogens with zero attached hydrogens (tertiary/aromatic N) is 2. The van der Waals surface area contributed by atoms with Crippen LogP contribution in [0, 0.1) is 13.8 Å². The number of carbonyl (C=O) groups excluding carboxylic acids is 1. The lowest BCUT2D eigenvalue weighted by atomic mass is 10.2. The average molecular weight is 358 g/mol. The fraction of sp³-hybridized carbons (Fsp3) is 0.235. The van der Waals surface area contributed by atoms with E-state index in [1.165, 1.54) is 28.7 Å². The monoisotopic (exact) mass is 358 g/mol. The van der Waals surface area contributed by atoms with E-state index in [-0.39, 0.29) is 5.78 Å². The summed E-state index contributed by atoms with van der Waals surface area (Å²) < 4.78 is 0.795. The predicted molar refractivity (Wildman–Crippen MR) is 99.0 cm³/mol. The number of H-pyrrole nitrogens is 1. The van der Waals surface area contributed by atoms with Crippen molar-refractivity contribution in [2.75, 3.05) is 11.1 Å². The minimum absolute atomic E-state index is 0.107. The van der Waals surface area contributed by atoms with Crippen molar-refractivity contribution in [2.24, 2.45) is 0 Å². The number of aromatic nitrogens is 3. The Bertz CT molecular complexity index is 826. The molecule has 124 valence electrons. The zero-order valence-electron chi connectivity index (χ0n) is 13.5. The van der Waals surface area contributed by atoms with Crippen LogP contribution in [0.4, 0.5) is 5.13 Å². The van der Waals surface area contributed by atoms with Gasteiger partial charge in [-0.1, -0.05) is 53.4 Å². The first-order valence-corrected chi connectivity index (χ1v) is 9.35. The topological polar surface area (TPSA) is 70.7 Å². The van der Waals surface area contributed by atoms with Crippen molar-refractivity contribution in [3.05, 3.63) is 58.9 Å². The molecule has 2 heterocycles. The van der Waals surface area contributed by atoms with Crippen LogP contribution in [0.5, 0.6) is 0 Å². The van der Waals surface area contributed by atoms with Crippen molar-refractivity contribution in [1.82, 2.24) is 15.2 Å². The molecule has 5 nitrogen and oxygen atoms in total. The molecule has 0 aliphatic heterocycles. The molecule has 0 unspecified atom stereocenters. The molecule has 1 aromatic carbocycles. The Morgan fingerprint density at radius 1 is 1.25 bits per heavy atom. The number of rotatable bonds is 7. The lowest BCUT2D eigenvalue weighted by Gasteiger charge is -2.01. The molecular weight excluding hydrogens is 340 g/mol. The number of carbonyl (C=O) groups is 1. The SMILES string of the molecule is Cc1cc(C(=O)CSc2nnc(NCc3ccccc3)s2)c(C)[nH]1. The van der Waals surface area contributed by atoms with Crippen molar-refractivity contribution < 1.29 is 4.79 Å². The van der Waals surface area contributed by atoms with E-state index in [4.69, 9.17) is 0 Å². The van der Waals surface area contributed by atoms with Gasteiger partial charge in [-0.05, 0) is 25.5 Å². The van der Waals surface area contributed by atoms with Gasteiger partial charge in [-0.15, -0.1) is 10.2 Å². The van der Waals surface area contributed by atoms with Crippen LogP contribution in [0.15, 0.2) is 40.7 Å². The van der Waals surface area contributed by atoms with Gasteiger partial charge in [0.05, 0.1) is 5.75 Å². The van der Waals surface area contributed by atoms with Crippen molar-refractivity contribution in [2.45, 2.75) is 24.7 Å². The van der Waals surface area contributed by atoms with E-state index in [0.717, 1.165) is 26.4 Å². The molecule has 3 rings (SSSR count). The molecule has 3 aromatic rings. The minimum atomic E-state index is 0.107. The molecule has 0 amide bonds. The second kappa shape index (κ2) is 7.63. The molecule has 0 bridgehead atoms. The molecule has 7 heteroatoms. The molecule has 0 aliphatic rings. The smallest absolute Gasteiger partial charge is 0.206 e. The number of anilines is 1. The van der Waals surface area contributed by atoms with Gasteiger partial charge in [0.15, 0.2) is 10.1 Å². The highest BCUT2D eigenvalue weighted by molar-refractivity contribution is 8.01. The highest BCUT2D eigenvalue weighted by Gasteiger charge is 2.13. The molecule has 0 saturated carbocycles. The Labute approximate surface area is 148 Å². The second-order valence-corrected chi connectivity index (χ2v) is 7.62. The van der Waals surface area contributed by atoms with E-state index in [0.29, 0.717) is 12.3 Å². The lowest BCUT2D eigenvalue weighted by Crippen LogP contribution is -2.02. The Balaban J connectivity index is 1.52. The second-order valence-electron chi connectivity index (χ2n) is 5.42. The zero-order valence-corrected chi connectivity index (χ0v) is 15.1. The number of Topliss-reactive ketones (excluding diaryl/α,β-unsaturated/α-hetero) is 1. The van der Waals surface area contributed by atoms with Crippen molar-refractivity contribution in [3.63, 3.8) is 0 Å². The van der Waals surface area contributed by atoms with Gasteiger partial charge in [-0.2, -0.15) is 0 Å². The van der Waals surface area contributed by atoms with Gasteiger partial charge >= 0.3 is 0 Å². The molecule has 2 aromatic heterocycles. The van der Waals surface area contributed by atoms with Crippen LogP contribution in [0.2, 0.25) is 0 Å². The number of nitrogens with one attached hydrogen (secondary N) is 2. The summed E-state index contributed by atoms with van der Waals surface area (Å²) in [5.41, 5.74) is 3.87. The number of hydrogen-bond acceptors (Lipinski definition) is 6. The van der Waals surface area contributed by atoms with Gasteiger partial charge in [0.1, 0.15) is 0 Å². The number of hydrogen-bond donors (Lipinski definition) is 2. The predicted octanol–water partition coefficient (Wildman–Crippen LogP) is 4.07. The van der Waals surface area contributed by atoms with Gasteiger partial charge in [0.2, 0.25) is 5.13 Å². The summed E-state index contributed by atoms with van der Waals surface area (Å²) in [6.45, 7) is 4.58. The van der Waals surface area contributed by atoms with E-state index in [1.807, 2.05) is 38.1 Å². The third-order valence-corrected chi connectivity index (χ3v) is 5.48. The van der Waals surface area contributed by atoms with Crippen LogP contribution in [-0.4, -0.2) is 26.7 Å². The zero-order chi connectivity index (χ0) is 16.9. The molecule has 0 atom stereocenters. The summed E-state index contributed by atoms with van der Waals surface area (Å²) in [7, 11) is 0. The van der Waals surface area contributed by atoms with Gasteiger partial charge in [-0.3, -0.25) is 4.79 Å². The number of aromatic amines is 1. The molecule has 2 N–H and O–H groups in total. The highest BCUT2D eigenvalue weighted by Crippen LogP contribution is 2.26. The highest BCUT2D eigenvalue weighted by atomic mass is 32.2. The summed E-state index contributed by atoms with van der Waals surface area (Å²) in [5.74, 6) is 0.474. The molecule has 0 aliphatic carbocycles. The third kappa shape index (κ3) is 4.24. The Kier molecular flexibility index (Phi) is 5.32. The minimum Gasteiger partial charge on any atom is -0.362 e. The standard InChI is InChI=1S/C17H18N4OS2/c1-11-8-14(12(2)19-11)15(22)10-23-17-21-20-16(24-17)18-9-13-6-4-3-5-7-13/h3-8,19H,9-10H2,1-2H3,(H,18,20). The number of thioether (sulfide) groups is 1.